The van der Waals surface area contributed by atoms with Crippen LogP contribution in [0, 0.1) is 17.8 Å². The van der Waals surface area contributed by atoms with Gasteiger partial charge in [0, 0.05) is 0 Å². The van der Waals surface area contributed by atoms with Crippen molar-refractivity contribution in [2.75, 3.05) is 6.61 Å². The summed E-state index contributed by atoms with van der Waals surface area (Å²) in [7, 11) is 0. The predicted molar refractivity (Wildman–Crippen MR) is 125 cm³/mol. The van der Waals surface area contributed by atoms with Crippen LogP contribution in [0.3, 0.4) is 0 Å². The molecule has 0 N–H and O–H groups in total. The largest absolute Gasteiger partial charge is 0.376 e. The van der Waals surface area contributed by atoms with Gasteiger partial charge in [-0.05, 0) is 99.5 Å². The summed E-state index contributed by atoms with van der Waals surface area (Å²) in [6, 6.07) is 9.26. The minimum atomic E-state index is 0.735. The van der Waals surface area contributed by atoms with Gasteiger partial charge >= 0.3 is 0 Å². The van der Waals surface area contributed by atoms with Crippen molar-refractivity contribution in [1.82, 2.24) is 0 Å². The summed E-state index contributed by atoms with van der Waals surface area (Å²) >= 11 is 0. The van der Waals surface area contributed by atoms with Crippen molar-refractivity contribution in [2.24, 2.45) is 17.8 Å². The van der Waals surface area contributed by atoms with Crippen molar-refractivity contribution < 1.29 is 4.74 Å². The highest BCUT2D eigenvalue weighted by atomic mass is 16.5. The number of ether oxygens (including phenoxy) is 1. The van der Waals surface area contributed by atoms with E-state index < -0.39 is 0 Å². The average Bonchev–Trinajstić information content (AvgIpc) is 2.79. The molecule has 0 amide bonds. The fourth-order valence-corrected chi connectivity index (χ4v) is 5.36. The smallest absolute Gasteiger partial charge is 0.0717 e. The SMILES string of the molecule is C=C[C@H]1CC[C@H](CCC2CCC(c3ccc(COCCC=CC)cc3)CC2)CC1. The summed E-state index contributed by atoms with van der Waals surface area (Å²) < 4.78 is 5.75. The van der Waals surface area contributed by atoms with Gasteiger partial charge < -0.3 is 4.74 Å². The van der Waals surface area contributed by atoms with Crippen LogP contribution in [0.5, 0.6) is 0 Å². The molecule has 0 spiro atoms. The first-order chi connectivity index (χ1) is 14.3. The Balaban J connectivity index is 1.33. The van der Waals surface area contributed by atoms with Gasteiger partial charge in [0.2, 0.25) is 0 Å². The van der Waals surface area contributed by atoms with E-state index in [2.05, 4.69) is 56.0 Å². The molecule has 2 aliphatic rings. The van der Waals surface area contributed by atoms with Gasteiger partial charge in [0.05, 0.1) is 13.2 Å². The summed E-state index contributed by atoms with van der Waals surface area (Å²) in [4.78, 5) is 0. The molecule has 2 saturated carbocycles. The second-order valence-corrected chi connectivity index (χ2v) is 9.46. The van der Waals surface area contributed by atoms with Crippen molar-refractivity contribution in [3.05, 3.63) is 60.2 Å². The Labute approximate surface area is 179 Å². The van der Waals surface area contributed by atoms with Gasteiger partial charge in [0.25, 0.3) is 0 Å². The van der Waals surface area contributed by atoms with E-state index in [0.29, 0.717) is 0 Å². The van der Waals surface area contributed by atoms with Crippen LogP contribution in [0.25, 0.3) is 0 Å². The van der Waals surface area contributed by atoms with Crippen molar-refractivity contribution in [2.45, 2.75) is 90.1 Å². The monoisotopic (exact) mass is 394 g/mol. The lowest BCUT2D eigenvalue weighted by Crippen LogP contribution is -2.17. The maximum atomic E-state index is 5.75. The Hall–Kier alpha value is -1.34. The molecular formula is C28H42O. The summed E-state index contributed by atoms with van der Waals surface area (Å²) in [5.41, 5.74) is 2.85. The highest BCUT2D eigenvalue weighted by molar-refractivity contribution is 5.25. The molecule has 1 aromatic carbocycles. The van der Waals surface area contributed by atoms with E-state index >= 15 is 0 Å². The number of hydrogen-bond acceptors (Lipinski definition) is 1. The van der Waals surface area contributed by atoms with Crippen molar-refractivity contribution in [1.29, 1.82) is 0 Å². The van der Waals surface area contributed by atoms with Gasteiger partial charge in [-0.3, -0.25) is 0 Å². The third-order valence-electron chi connectivity index (χ3n) is 7.44. The minimum absolute atomic E-state index is 0.735. The molecule has 1 heteroatoms. The second kappa shape index (κ2) is 12.4. The summed E-state index contributed by atoms with van der Waals surface area (Å²) in [6.45, 7) is 7.58. The quantitative estimate of drug-likeness (QED) is 0.287. The van der Waals surface area contributed by atoms with Crippen LogP contribution in [-0.4, -0.2) is 6.61 Å². The Morgan fingerprint density at radius 1 is 0.897 bits per heavy atom. The zero-order chi connectivity index (χ0) is 20.3. The number of benzene rings is 1. The van der Waals surface area contributed by atoms with E-state index in [0.717, 1.165) is 43.3 Å². The first-order valence-corrected chi connectivity index (χ1v) is 12.2. The van der Waals surface area contributed by atoms with Crippen LogP contribution in [0.1, 0.15) is 94.6 Å². The topological polar surface area (TPSA) is 9.23 Å². The molecule has 0 aliphatic heterocycles. The van der Waals surface area contributed by atoms with Crippen LogP contribution in [0.2, 0.25) is 0 Å². The van der Waals surface area contributed by atoms with Gasteiger partial charge in [-0.25, -0.2) is 0 Å². The molecule has 160 valence electrons. The van der Waals surface area contributed by atoms with Crippen LogP contribution in [0.4, 0.5) is 0 Å². The summed E-state index contributed by atoms with van der Waals surface area (Å²) in [6.07, 6.45) is 21.7. The Morgan fingerprint density at radius 2 is 1.52 bits per heavy atom. The van der Waals surface area contributed by atoms with E-state index in [-0.39, 0.29) is 0 Å². The average molecular weight is 395 g/mol. The molecule has 2 aliphatic carbocycles. The van der Waals surface area contributed by atoms with E-state index in [1.807, 2.05) is 0 Å². The lowest BCUT2D eigenvalue weighted by atomic mass is 9.74. The fourth-order valence-electron chi connectivity index (χ4n) is 5.36. The molecule has 2 fully saturated rings. The second-order valence-electron chi connectivity index (χ2n) is 9.46. The lowest BCUT2D eigenvalue weighted by molar-refractivity contribution is 0.125. The molecule has 0 saturated heterocycles. The zero-order valence-corrected chi connectivity index (χ0v) is 18.7. The first kappa shape index (κ1) is 22.3. The molecule has 1 aromatic rings. The number of rotatable bonds is 10. The van der Waals surface area contributed by atoms with Crippen molar-refractivity contribution in [3.8, 4) is 0 Å². The predicted octanol–water partition coefficient (Wildman–Crippen LogP) is 8.22. The molecule has 0 heterocycles. The van der Waals surface area contributed by atoms with Gasteiger partial charge in [0.1, 0.15) is 0 Å². The van der Waals surface area contributed by atoms with Crippen LogP contribution in [-0.2, 0) is 11.3 Å². The number of hydrogen-bond donors (Lipinski definition) is 0. The lowest BCUT2D eigenvalue weighted by Gasteiger charge is -2.31. The highest BCUT2D eigenvalue weighted by Gasteiger charge is 2.24. The van der Waals surface area contributed by atoms with Crippen LogP contribution in [0.15, 0.2) is 49.1 Å². The minimum Gasteiger partial charge on any atom is -0.376 e. The molecule has 0 unspecified atom stereocenters. The van der Waals surface area contributed by atoms with Crippen LogP contribution >= 0.6 is 0 Å². The molecular weight excluding hydrogens is 352 g/mol. The maximum absolute atomic E-state index is 5.75. The molecule has 29 heavy (non-hydrogen) atoms. The highest BCUT2D eigenvalue weighted by Crippen LogP contribution is 2.39. The molecule has 0 bridgehead atoms. The zero-order valence-electron chi connectivity index (χ0n) is 18.7. The maximum Gasteiger partial charge on any atom is 0.0717 e. The third kappa shape index (κ3) is 7.45. The molecule has 0 aromatic heterocycles. The van der Waals surface area contributed by atoms with E-state index in [1.165, 1.54) is 69.8 Å². The van der Waals surface area contributed by atoms with Gasteiger partial charge in [-0.2, -0.15) is 0 Å². The van der Waals surface area contributed by atoms with E-state index in [4.69, 9.17) is 4.74 Å². The van der Waals surface area contributed by atoms with Crippen LogP contribution < -0.4 is 0 Å². The number of allylic oxidation sites excluding steroid dienone is 2. The van der Waals surface area contributed by atoms with E-state index in [1.54, 1.807) is 5.56 Å². The molecule has 0 radical (unpaired) electrons. The summed E-state index contributed by atoms with van der Waals surface area (Å²) in [5.74, 6) is 3.56. The van der Waals surface area contributed by atoms with Gasteiger partial charge in [0.15, 0.2) is 0 Å². The molecule has 0 atom stereocenters. The Morgan fingerprint density at radius 3 is 2.10 bits per heavy atom. The Bertz CT molecular complexity index is 598. The standard InChI is InChI=1S/C28H42O/c1-3-5-6-21-29-22-26-15-19-28(20-16-26)27-17-13-25(14-18-27)12-11-24-9-7-23(4-2)8-10-24/h3-5,15-16,19-20,23-25,27H,2,6-14,17-18,21-22H2,1H3/t23-,24-,25?,27?. The summed E-state index contributed by atoms with van der Waals surface area (Å²) in [5, 5.41) is 0. The third-order valence-corrected chi connectivity index (χ3v) is 7.44. The van der Waals surface area contributed by atoms with Gasteiger partial charge in [-0.1, -0.05) is 55.3 Å². The molecule has 1 nitrogen and oxygen atoms in total. The Kier molecular flexibility index (Phi) is 9.54. The van der Waals surface area contributed by atoms with Gasteiger partial charge in [-0.15, -0.1) is 6.58 Å². The fraction of sp³-hybridized carbons (Fsp3) is 0.643. The van der Waals surface area contributed by atoms with E-state index in [9.17, 15) is 0 Å². The molecule has 3 rings (SSSR count). The van der Waals surface area contributed by atoms with Crippen molar-refractivity contribution in [3.63, 3.8) is 0 Å². The van der Waals surface area contributed by atoms with Crippen molar-refractivity contribution >= 4 is 0 Å². The normalized spacial score (nSPS) is 27.9. The first-order valence-electron chi connectivity index (χ1n) is 12.2.